The number of carbonyl (C=O) groups excluding carboxylic acids is 2. The highest BCUT2D eigenvalue weighted by Gasteiger charge is 2.43. The third kappa shape index (κ3) is 13.4. The molecule has 0 heterocycles. The van der Waals surface area contributed by atoms with Gasteiger partial charge in [-0.1, -0.05) is 182 Å². The topological polar surface area (TPSA) is 176 Å². The van der Waals surface area contributed by atoms with Gasteiger partial charge in [0.05, 0.1) is 16.0 Å². The smallest absolute Gasteiger partial charge is 0.340 e. The second-order valence-corrected chi connectivity index (χ2v) is 22.4. The Hall–Kier alpha value is -4.78. The average molecular weight is 966 g/mol. The van der Waals surface area contributed by atoms with E-state index in [1.807, 2.05) is 114 Å². The van der Waals surface area contributed by atoms with Gasteiger partial charge < -0.3 is 30.2 Å². The van der Waals surface area contributed by atoms with Gasteiger partial charge in [-0.2, -0.15) is 0 Å². The molecule has 11 nitrogen and oxygen atoms in total. The molecule has 0 saturated heterocycles. The normalized spacial score (nSPS) is 12.3. The lowest BCUT2D eigenvalue weighted by Crippen LogP contribution is -2.40. The highest BCUT2D eigenvalue weighted by Crippen LogP contribution is 2.61. The summed E-state index contributed by atoms with van der Waals surface area (Å²) in [6.07, 6.45) is -0.201. The minimum Gasteiger partial charge on any atom is -0.356 e. The van der Waals surface area contributed by atoms with E-state index < -0.39 is 42.4 Å². The molecule has 6 N–H and O–H groups in total. The number of benzene rings is 6. The van der Waals surface area contributed by atoms with E-state index in [1.165, 1.54) is 0 Å². The summed E-state index contributed by atoms with van der Waals surface area (Å²) < 4.78 is 22.4. The third-order valence-corrected chi connectivity index (χ3v) is 18.2. The molecule has 66 heavy (non-hydrogen) atoms. The molecule has 2 amide bonds. The molecule has 0 atom stereocenters. The molecule has 0 radical (unpaired) electrons. The lowest BCUT2D eigenvalue weighted by molar-refractivity contribution is -0.122. The van der Waals surface area contributed by atoms with Crippen molar-refractivity contribution in [3.63, 3.8) is 0 Å². The van der Waals surface area contributed by atoms with E-state index in [4.69, 9.17) is 0 Å². The highest BCUT2D eigenvalue weighted by atomic mass is 32.2. The average Bonchev–Trinajstić information content (AvgIpc) is 3.33. The summed E-state index contributed by atoms with van der Waals surface area (Å²) in [5.74, 6) is 0.638. The summed E-state index contributed by atoms with van der Waals surface area (Å²) in [5.41, 5.74) is 6.74. The van der Waals surface area contributed by atoms with E-state index >= 15 is 0 Å². The lowest BCUT2D eigenvalue weighted by atomic mass is 9.84. The van der Waals surface area contributed by atoms with Crippen molar-refractivity contribution in [2.45, 2.75) is 34.2 Å². The fourth-order valence-corrected chi connectivity index (χ4v) is 13.7. The standard InChI is InChI=1S/C51H57N3O8P2S2/c55-47(52-34-33-49(63(57,58)59)64(60,61)62)32-19-36-54(37-39-66-51(44-26-13-4-14-27-44,45-28-15-5-16-29-45)46-30-17-6-18-31-46)40-48(56)53-35-38-65-50(41-20-7-1-8-21-41,42-22-9-2-10-23-42)43-24-11-3-12-25-43/h1-18,20-31,49H,19,32-40H2,(H,52,55)(H,53,56)(H2,57,58,59)(H2,60,61,62). The molecule has 0 bridgehead atoms. The van der Waals surface area contributed by atoms with Crippen LogP contribution < -0.4 is 10.6 Å². The molecule has 6 aromatic rings. The number of nitrogens with zero attached hydrogens (tertiary/aromatic N) is 1. The second kappa shape index (κ2) is 24.3. The van der Waals surface area contributed by atoms with Gasteiger partial charge in [-0.3, -0.25) is 23.6 Å². The SMILES string of the molecule is O=C(CCCN(CCSC(c1ccccc1)(c1ccccc1)c1ccccc1)CC(=O)NCCSC(c1ccccc1)(c1ccccc1)c1ccccc1)NCCC(P(=O)(O)O)P(=O)(O)O. The van der Waals surface area contributed by atoms with Gasteiger partial charge in [0.15, 0.2) is 5.40 Å². The Morgan fingerprint density at radius 2 is 0.818 bits per heavy atom. The molecule has 6 aromatic carbocycles. The zero-order chi connectivity index (χ0) is 46.9. The largest absolute Gasteiger partial charge is 0.356 e. The Morgan fingerprint density at radius 1 is 0.485 bits per heavy atom. The highest BCUT2D eigenvalue weighted by molar-refractivity contribution is 8.00. The van der Waals surface area contributed by atoms with Crippen LogP contribution in [-0.4, -0.2) is 85.9 Å². The lowest BCUT2D eigenvalue weighted by Gasteiger charge is -2.36. The summed E-state index contributed by atoms with van der Waals surface area (Å²) in [4.78, 5) is 66.8. The maximum absolute atomic E-state index is 13.9. The first kappa shape index (κ1) is 50.6. The van der Waals surface area contributed by atoms with Crippen LogP contribution in [0.1, 0.15) is 52.6 Å². The molecule has 0 aliphatic heterocycles. The Kier molecular flexibility index (Phi) is 18.6. The van der Waals surface area contributed by atoms with Crippen LogP contribution in [0, 0.1) is 0 Å². The summed E-state index contributed by atoms with van der Waals surface area (Å²) in [6, 6.07) is 62.3. The van der Waals surface area contributed by atoms with Crippen molar-refractivity contribution in [1.82, 2.24) is 15.5 Å². The van der Waals surface area contributed by atoms with Crippen LogP contribution in [0.25, 0.3) is 0 Å². The second-order valence-electron chi connectivity index (χ2n) is 15.8. The van der Waals surface area contributed by atoms with Gasteiger partial charge in [0.2, 0.25) is 11.8 Å². The van der Waals surface area contributed by atoms with E-state index in [-0.39, 0.29) is 25.4 Å². The van der Waals surface area contributed by atoms with E-state index in [9.17, 15) is 38.3 Å². The van der Waals surface area contributed by atoms with Gasteiger partial charge >= 0.3 is 15.2 Å². The first-order chi connectivity index (χ1) is 31.8. The molecule has 346 valence electrons. The van der Waals surface area contributed by atoms with Crippen LogP contribution in [0.15, 0.2) is 182 Å². The zero-order valence-electron chi connectivity index (χ0n) is 36.5. The van der Waals surface area contributed by atoms with Crippen LogP contribution >= 0.6 is 38.7 Å². The van der Waals surface area contributed by atoms with Crippen LogP contribution in [0.2, 0.25) is 0 Å². The van der Waals surface area contributed by atoms with Crippen molar-refractivity contribution in [3.8, 4) is 0 Å². The van der Waals surface area contributed by atoms with Crippen LogP contribution in [0.3, 0.4) is 0 Å². The number of amides is 2. The van der Waals surface area contributed by atoms with Gasteiger partial charge in [-0.25, -0.2) is 0 Å². The predicted octanol–water partition coefficient (Wildman–Crippen LogP) is 8.82. The van der Waals surface area contributed by atoms with Crippen molar-refractivity contribution >= 4 is 50.5 Å². The molecule has 0 aliphatic rings. The number of hydrogen-bond acceptors (Lipinski definition) is 7. The first-order valence-corrected chi connectivity index (χ1v) is 27.1. The van der Waals surface area contributed by atoms with Crippen molar-refractivity contribution in [2.24, 2.45) is 0 Å². The Balaban J connectivity index is 1.17. The monoisotopic (exact) mass is 965 g/mol. The molecule has 0 aliphatic carbocycles. The fraction of sp³-hybridized carbons (Fsp3) is 0.255. The molecule has 0 saturated carbocycles. The van der Waals surface area contributed by atoms with Gasteiger partial charge in [0.25, 0.3) is 0 Å². The zero-order valence-corrected chi connectivity index (χ0v) is 40.0. The van der Waals surface area contributed by atoms with Gasteiger partial charge in [-0.15, -0.1) is 23.5 Å². The van der Waals surface area contributed by atoms with Crippen LogP contribution in [-0.2, 0) is 28.2 Å². The van der Waals surface area contributed by atoms with Crippen molar-refractivity contribution in [1.29, 1.82) is 0 Å². The van der Waals surface area contributed by atoms with Gasteiger partial charge in [0, 0.05) is 37.6 Å². The van der Waals surface area contributed by atoms with Crippen molar-refractivity contribution in [2.75, 3.05) is 44.2 Å². The predicted molar refractivity (Wildman–Crippen MR) is 268 cm³/mol. The Bertz CT molecular complexity index is 2290. The van der Waals surface area contributed by atoms with Crippen molar-refractivity contribution < 1.29 is 38.3 Å². The van der Waals surface area contributed by atoms with E-state index in [0.29, 0.717) is 37.6 Å². The minimum atomic E-state index is -5.11. The number of rotatable bonds is 25. The van der Waals surface area contributed by atoms with E-state index in [2.05, 4.69) is 83.4 Å². The first-order valence-electron chi connectivity index (χ1n) is 21.8. The third-order valence-electron chi connectivity index (χ3n) is 11.3. The van der Waals surface area contributed by atoms with Gasteiger partial charge in [-0.05, 0) is 52.8 Å². The Labute approximate surface area is 396 Å². The quantitative estimate of drug-likeness (QED) is 0.0184. The molecule has 0 fully saturated rings. The summed E-state index contributed by atoms with van der Waals surface area (Å²) in [6.45, 7) is 1.06. The van der Waals surface area contributed by atoms with Gasteiger partial charge in [0.1, 0.15) is 0 Å². The number of hydrogen-bond donors (Lipinski definition) is 6. The molecule has 6 rings (SSSR count). The number of carbonyl (C=O) groups is 2. The molecular weight excluding hydrogens is 909 g/mol. The number of nitrogens with one attached hydrogen (secondary N) is 2. The van der Waals surface area contributed by atoms with E-state index in [1.54, 1.807) is 23.5 Å². The maximum Gasteiger partial charge on any atom is 0.340 e. The summed E-state index contributed by atoms with van der Waals surface area (Å²) >= 11 is 3.54. The molecular formula is C51H57N3O8P2S2. The Morgan fingerprint density at radius 3 is 1.17 bits per heavy atom. The molecule has 0 aromatic heterocycles. The molecule has 0 spiro atoms. The summed E-state index contributed by atoms with van der Waals surface area (Å²) in [5, 5.41) is 3.51. The summed E-state index contributed by atoms with van der Waals surface area (Å²) in [7, 11) is -10.2. The van der Waals surface area contributed by atoms with Crippen LogP contribution in [0.5, 0.6) is 0 Å². The minimum absolute atomic E-state index is 0.0287. The fourth-order valence-electron chi connectivity index (χ4n) is 8.21. The molecule has 15 heteroatoms. The maximum atomic E-state index is 13.9. The van der Waals surface area contributed by atoms with E-state index in [0.717, 1.165) is 33.4 Å². The molecule has 0 unspecified atom stereocenters. The van der Waals surface area contributed by atoms with Crippen LogP contribution in [0.4, 0.5) is 0 Å². The van der Waals surface area contributed by atoms with Crippen molar-refractivity contribution in [3.05, 3.63) is 215 Å². The number of thioether (sulfide) groups is 2.